The highest BCUT2D eigenvalue weighted by molar-refractivity contribution is 9.10. The van der Waals surface area contributed by atoms with Crippen molar-refractivity contribution in [3.8, 4) is 11.5 Å². The van der Waals surface area contributed by atoms with Gasteiger partial charge in [0.1, 0.15) is 0 Å². The summed E-state index contributed by atoms with van der Waals surface area (Å²) in [5.74, 6) is 0.842. The lowest BCUT2D eigenvalue weighted by Crippen LogP contribution is -2.26. The van der Waals surface area contributed by atoms with Crippen LogP contribution in [0.5, 0.6) is 11.5 Å². The molecule has 0 radical (unpaired) electrons. The molecular formula is C18H19BrN2O4. The summed E-state index contributed by atoms with van der Waals surface area (Å²) in [6.07, 6.45) is 0.724. The van der Waals surface area contributed by atoms with Crippen molar-refractivity contribution in [1.29, 1.82) is 0 Å². The van der Waals surface area contributed by atoms with Gasteiger partial charge in [-0.25, -0.2) is 0 Å². The number of hydrogen-bond acceptors (Lipinski definition) is 5. The number of halogens is 1. The molecule has 6 nitrogen and oxygen atoms in total. The van der Waals surface area contributed by atoms with Crippen LogP contribution in [0.1, 0.15) is 12.5 Å². The van der Waals surface area contributed by atoms with Crippen LogP contribution >= 0.6 is 15.9 Å². The third-order valence-corrected chi connectivity index (χ3v) is 3.85. The van der Waals surface area contributed by atoms with Crippen molar-refractivity contribution >= 4 is 33.7 Å². The highest BCUT2D eigenvalue weighted by Gasteiger charge is 2.14. The van der Waals surface area contributed by atoms with E-state index in [4.69, 9.17) is 14.3 Å². The molecule has 1 N–H and O–H groups in total. The van der Waals surface area contributed by atoms with E-state index in [1.54, 1.807) is 45.4 Å². The van der Waals surface area contributed by atoms with Gasteiger partial charge in [-0.1, -0.05) is 27.2 Å². The minimum Gasteiger partial charge on any atom is -0.493 e. The third-order valence-electron chi connectivity index (χ3n) is 3.33. The van der Waals surface area contributed by atoms with E-state index >= 15 is 0 Å². The molecule has 2 aromatic carbocycles. The second-order valence-corrected chi connectivity index (χ2v) is 5.98. The van der Waals surface area contributed by atoms with Crippen LogP contribution in [-0.4, -0.2) is 32.4 Å². The zero-order chi connectivity index (χ0) is 18.2. The van der Waals surface area contributed by atoms with E-state index in [9.17, 15) is 4.79 Å². The van der Waals surface area contributed by atoms with E-state index in [1.807, 2.05) is 18.2 Å². The molecule has 0 aliphatic heterocycles. The Morgan fingerprint density at radius 3 is 2.52 bits per heavy atom. The van der Waals surface area contributed by atoms with Crippen molar-refractivity contribution in [2.75, 3.05) is 19.5 Å². The third kappa shape index (κ3) is 5.22. The Morgan fingerprint density at radius 2 is 1.88 bits per heavy atom. The lowest BCUT2D eigenvalue weighted by Gasteiger charge is -2.11. The van der Waals surface area contributed by atoms with Gasteiger partial charge in [0.2, 0.25) is 6.10 Å². The van der Waals surface area contributed by atoms with E-state index < -0.39 is 6.10 Å². The molecule has 0 aliphatic rings. The normalized spacial score (nSPS) is 11.8. The van der Waals surface area contributed by atoms with Gasteiger partial charge in [-0.05, 0) is 43.3 Å². The number of methoxy groups -OCH3 is 2. The Kier molecular flexibility index (Phi) is 6.82. The number of carbonyl (C=O) groups excluding carboxylic acids is 1. The average Bonchev–Trinajstić information content (AvgIpc) is 2.63. The number of carbonyl (C=O) groups is 1. The second kappa shape index (κ2) is 9.08. The van der Waals surface area contributed by atoms with Crippen LogP contribution in [0.4, 0.5) is 5.69 Å². The monoisotopic (exact) mass is 406 g/mol. The van der Waals surface area contributed by atoms with Crippen LogP contribution in [0.25, 0.3) is 0 Å². The van der Waals surface area contributed by atoms with Crippen LogP contribution in [0.3, 0.4) is 0 Å². The van der Waals surface area contributed by atoms with Crippen molar-refractivity contribution in [1.82, 2.24) is 0 Å². The van der Waals surface area contributed by atoms with Crippen molar-refractivity contribution in [2.24, 2.45) is 5.16 Å². The second-order valence-electron chi connectivity index (χ2n) is 5.06. The average molecular weight is 407 g/mol. The van der Waals surface area contributed by atoms with Gasteiger partial charge in [-0.2, -0.15) is 0 Å². The number of amides is 1. The SMILES string of the molecule is COc1cccc(/C=N\O[C@H](C)C(=O)Nc2ccc(Br)cc2)c1OC. The molecule has 2 rings (SSSR count). The summed E-state index contributed by atoms with van der Waals surface area (Å²) >= 11 is 3.34. The van der Waals surface area contributed by atoms with E-state index in [0.717, 1.165) is 4.47 Å². The molecule has 2 aromatic rings. The van der Waals surface area contributed by atoms with Crippen molar-refractivity contribution < 1.29 is 19.1 Å². The maximum absolute atomic E-state index is 12.1. The van der Waals surface area contributed by atoms with Gasteiger partial charge in [-0.15, -0.1) is 0 Å². The molecule has 0 heterocycles. The summed E-state index contributed by atoms with van der Waals surface area (Å²) in [7, 11) is 3.11. The number of oxime groups is 1. The predicted octanol–water partition coefficient (Wildman–Crippen LogP) is 3.84. The fourth-order valence-corrected chi connectivity index (χ4v) is 2.28. The van der Waals surface area contributed by atoms with E-state index in [0.29, 0.717) is 22.7 Å². The highest BCUT2D eigenvalue weighted by atomic mass is 79.9. The molecule has 0 unspecified atom stereocenters. The largest absolute Gasteiger partial charge is 0.493 e. The Balaban J connectivity index is 1.97. The molecule has 25 heavy (non-hydrogen) atoms. The van der Waals surface area contributed by atoms with Gasteiger partial charge in [0.05, 0.1) is 20.4 Å². The molecule has 0 saturated heterocycles. The van der Waals surface area contributed by atoms with Crippen LogP contribution in [0.15, 0.2) is 52.1 Å². The molecule has 0 bridgehead atoms. The summed E-state index contributed by atoms with van der Waals surface area (Å²) in [6, 6.07) is 12.7. The first-order valence-electron chi connectivity index (χ1n) is 7.51. The number of nitrogens with one attached hydrogen (secondary N) is 1. The van der Waals surface area contributed by atoms with Gasteiger partial charge >= 0.3 is 0 Å². The quantitative estimate of drug-likeness (QED) is 0.559. The standard InChI is InChI=1S/C18H19BrN2O4/c1-12(18(22)21-15-9-7-14(19)8-10-15)25-20-11-13-5-4-6-16(23-2)17(13)24-3/h4-12H,1-3H3,(H,21,22)/b20-11-/t12-/m1/s1. The van der Waals surface area contributed by atoms with Gasteiger partial charge in [0, 0.05) is 15.7 Å². The Hall–Kier alpha value is -2.54. The maximum Gasteiger partial charge on any atom is 0.267 e. The molecule has 0 spiro atoms. The van der Waals surface area contributed by atoms with Gasteiger partial charge < -0.3 is 19.6 Å². The maximum atomic E-state index is 12.1. The molecule has 0 aliphatic carbocycles. The minimum atomic E-state index is -0.753. The smallest absolute Gasteiger partial charge is 0.267 e. The number of hydrogen-bond donors (Lipinski definition) is 1. The Bertz CT molecular complexity index is 747. The lowest BCUT2D eigenvalue weighted by molar-refractivity contribution is -0.126. The van der Waals surface area contributed by atoms with Crippen molar-refractivity contribution in [2.45, 2.75) is 13.0 Å². The first kappa shape index (κ1) is 18.8. The summed E-state index contributed by atoms with van der Waals surface area (Å²) < 4.78 is 11.5. The van der Waals surface area contributed by atoms with Crippen molar-refractivity contribution in [3.63, 3.8) is 0 Å². The number of ether oxygens (including phenoxy) is 2. The molecule has 7 heteroatoms. The number of benzene rings is 2. The fourth-order valence-electron chi connectivity index (χ4n) is 2.02. The fraction of sp³-hybridized carbons (Fsp3) is 0.222. The van der Waals surface area contributed by atoms with Crippen LogP contribution in [0, 0.1) is 0 Å². The van der Waals surface area contributed by atoms with Gasteiger partial charge in [0.25, 0.3) is 5.91 Å². The predicted molar refractivity (Wildman–Crippen MR) is 100 cm³/mol. The topological polar surface area (TPSA) is 69.2 Å². The zero-order valence-corrected chi connectivity index (χ0v) is 15.7. The summed E-state index contributed by atoms with van der Waals surface area (Å²) in [5.41, 5.74) is 1.37. The van der Waals surface area contributed by atoms with E-state index in [2.05, 4.69) is 26.4 Å². The molecule has 0 fully saturated rings. The van der Waals surface area contributed by atoms with E-state index in [1.165, 1.54) is 6.21 Å². The van der Waals surface area contributed by atoms with E-state index in [-0.39, 0.29) is 5.91 Å². The summed E-state index contributed by atoms with van der Waals surface area (Å²) in [4.78, 5) is 17.3. The highest BCUT2D eigenvalue weighted by Crippen LogP contribution is 2.29. The number of nitrogens with zero attached hydrogens (tertiary/aromatic N) is 1. The minimum absolute atomic E-state index is 0.294. The zero-order valence-electron chi connectivity index (χ0n) is 14.2. The summed E-state index contributed by atoms with van der Waals surface area (Å²) in [6.45, 7) is 1.62. The molecule has 0 saturated carbocycles. The van der Waals surface area contributed by atoms with Gasteiger partial charge in [0.15, 0.2) is 11.5 Å². The van der Waals surface area contributed by atoms with Crippen LogP contribution in [-0.2, 0) is 9.63 Å². The number of anilines is 1. The molecule has 1 amide bonds. The summed E-state index contributed by atoms with van der Waals surface area (Å²) in [5, 5.41) is 6.63. The van der Waals surface area contributed by atoms with Crippen LogP contribution < -0.4 is 14.8 Å². The first-order valence-corrected chi connectivity index (χ1v) is 8.31. The lowest BCUT2D eigenvalue weighted by atomic mass is 10.2. The molecule has 1 atom stereocenters. The van der Waals surface area contributed by atoms with Crippen LogP contribution in [0.2, 0.25) is 0 Å². The number of rotatable bonds is 7. The van der Waals surface area contributed by atoms with Crippen molar-refractivity contribution in [3.05, 3.63) is 52.5 Å². The number of para-hydroxylation sites is 1. The Morgan fingerprint density at radius 1 is 1.16 bits per heavy atom. The van der Waals surface area contributed by atoms with Gasteiger partial charge in [-0.3, -0.25) is 4.79 Å². The Labute approximate surface area is 154 Å². The first-order chi connectivity index (χ1) is 12.0. The molecule has 0 aromatic heterocycles. The molecule has 132 valence electrons. The molecular weight excluding hydrogens is 388 g/mol.